The van der Waals surface area contributed by atoms with Gasteiger partial charge in [-0.15, -0.1) is 0 Å². The molecule has 1 N–H and O–H groups in total. The van der Waals surface area contributed by atoms with Crippen LogP contribution in [-0.2, 0) is 0 Å². The van der Waals surface area contributed by atoms with Crippen LogP contribution in [0.5, 0.6) is 0 Å². The molecule has 1 saturated carbocycles. The average Bonchev–Trinajstić information content (AvgIpc) is 2.03. The van der Waals surface area contributed by atoms with Crippen LogP contribution in [0.15, 0.2) is 0 Å². The van der Waals surface area contributed by atoms with Gasteiger partial charge in [-0.1, -0.05) is 19.8 Å². The summed E-state index contributed by atoms with van der Waals surface area (Å²) in [5, 5.41) is 3.36. The summed E-state index contributed by atoms with van der Waals surface area (Å²) in [5.74, 6) is 1.90. The maximum atomic E-state index is 3.36. The highest BCUT2D eigenvalue weighted by Crippen LogP contribution is 2.30. The van der Waals surface area contributed by atoms with Crippen molar-refractivity contribution in [3.63, 3.8) is 0 Å². The molecule has 0 aromatic carbocycles. The molecule has 1 rings (SSSR count). The molecule has 0 aliphatic heterocycles. The van der Waals surface area contributed by atoms with Gasteiger partial charge in [0.1, 0.15) is 0 Å². The zero-order valence-electron chi connectivity index (χ0n) is 8.06. The Morgan fingerprint density at radius 3 is 2.64 bits per heavy atom. The van der Waals surface area contributed by atoms with Gasteiger partial charge in [0.25, 0.3) is 0 Å². The first-order chi connectivity index (χ1) is 5.24. The van der Waals surface area contributed by atoms with Crippen LogP contribution in [0, 0.1) is 11.8 Å². The van der Waals surface area contributed by atoms with Crippen molar-refractivity contribution < 1.29 is 0 Å². The predicted molar refractivity (Wildman–Crippen MR) is 49.6 cm³/mol. The number of nitrogens with one attached hydrogen (secondary N) is 1. The Morgan fingerprint density at radius 1 is 1.36 bits per heavy atom. The van der Waals surface area contributed by atoms with Gasteiger partial charge in [0, 0.05) is 6.04 Å². The second-order valence-corrected chi connectivity index (χ2v) is 4.11. The van der Waals surface area contributed by atoms with E-state index in [1.165, 1.54) is 25.7 Å². The minimum Gasteiger partial charge on any atom is -0.317 e. The van der Waals surface area contributed by atoms with E-state index in [2.05, 4.69) is 26.2 Å². The maximum absolute atomic E-state index is 3.36. The van der Waals surface area contributed by atoms with E-state index >= 15 is 0 Å². The van der Waals surface area contributed by atoms with E-state index in [1.807, 2.05) is 0 Å². The lowest BCUT2D eigenvalue weighted by molar-refractivity contribution is 0.237. The highest BCUT2D eigenvalue weighted by atomic mass is 14.9. The van der Waals surface area contributed by atoms with E-state index in [9.17, 15) is 0 Å². The minimum absolute atomic E-state index is 0.720. The molecule has 0 radical (unpaired) electrons. The number of rotatable bonds is 2. The zero-order valence-corrected chi connectivity index (χ0v) is 8.06. The molecule has 0 saturated heterocycles. The maximum Gasteiger partial charge on any atom is 0.00640 e. The molecule has 3 unspecified atom stereocenters. The third-order valence-electron chi connectivity index (χ3n) is 3.14. The first-order valence-electron chi connectivity index (χ1n) is 4.91. The minimum atomic E-state index is 0.720. The molecule has 1 aliphatic rings. The van der Waals surface area contributed by atoms with Crippen LogP contribution in [-0.4, -0.2) is 13.1 Å². The topological polar surface area (TPSA) is 12.0 Å². The van der Waals surface area contributed by atoms with E-state index in [4.69, 9.17) is 0 Å². The zero-order chi connectivity index (χ0) is 8.27. The van der Waals surface area contributed by atoms with Gasteiger partial charge in [0.05, 0.1) is 0 Å². The fraction of sp³-hybridized carbons (Fsp3) is 1.00. The van der Waals surface area contributed by atoms with Crippen LogP contribution in [0.25, 0.3) is 0 Å². The normalized spacial score (nSPS) is 35.2. The lowest BCUT2D eigenvalue weighted by atomic mass is 9.79. The highest BCUT2D eigenvalue weighted by molar-refractivity contribution is 4.77. The van der Waals surface area contributed by atoms with Gasteiger partial charge in [0.2, 0.25) is 0 Å². The van der Waals surface area contributed by atoms with Gasteiger partial charge >= 0.3 is 0 Å². The van der Waals surface area contributed by atoms with Crippen LogP contribution in [0.1, 0.15) is 39.5 Å². The van der Waals surface area contributed by atoms with Crippen molar-refractivity contribution in [1.82, 2.24) is 5.32 Å². The van der Waals surface area contributed by atoms with Crippen LogP contribution in [0.3, 0.4) is 0 Å². The molecule has 0 heterocycles. The summed E-state index contributed by atoms with van der Waals surface area (Å²) < 4.78 is 0. The molecular weight excluding hydrogens is 134 g/mol. The molecule has 0 aromatic heterocycles. The Bertz CT molecular complexity index is 111. The first-order valence-corrected chi connectivity index (χ1v) is 4.91. The molecule has 0 amide bonds. The summed E-state index contributed by atoms with van der Waals surface area (Å²) >= 11 is 0. The molecule has 1 nitrogen and oxygen atoms in total. The van der Waals surface area contributed by atoms with Gasteiger partial charge < -0.3 is 5.32 Å². The van der Waals surface area contributed by atoms with Crippen molar-refractivity contribution in [2.75, 3.05) is 7.05 Å². The van der Waals surface area contributed by atoms with Crippen LogP contribution < -0.4 is 5.32 Å². The van der Waals surface area contributed by atoms with E-state index in [0.29, 0.717) is 0 Å². The van der Waals surface area contributed by atoms with Crippen molar-refractivity contribution in [3.05, 3.63) is 0 Å². The molecule has 11 heavy (non-hydrogen) atoms. The molecule has 66 valence electrons. The molecule has 0 spiro atoms. The van der Waals surface area contributed by atoms with Crippen molar-refractivity contribution in [1.29, 1.82) is 0 Å². The molecule has 1 aliphatic carbocycles. The monoisotopic (exact) mass is 155 g/mol. The molecule has 0 aromatic rings. The van der Waals surface area contributed by atoms with Crippen molar-refractivity contribution in [2.45, 2.75) is 45.6 Å². The summed E-state index contributed by atoms with van der Waals surface area (Å²) in [7, 11) is 2.07. The van der Waals surface area contributed by atoms with E-state index in [-0.39, 0.29) is 0 Å². The predicted octanol–water partition coefficient (Wildman–Crippen LogP) is 2.42. The van der Waals surface area contributed by atoms with Gasteiger partial charge in [-0.05, 0) is 38.6 Å². The van der Waals surface area contributed by atoms with Gasteiger partial charge in [-0.25, -0.2) is 0 Å². The number of hydrogen-bond donors (Lipinski definition) is 1. The SMILES string of the molecule is CNC(C)C1CCCC(C)C1. The molecule has 1 fully saturated rings. The fourth-order valence-corrected chi connectivity index (χ4v) is 2.17. The first kappa shape index (κ1) is 9.05. The highest BCUT2D eigenvalue weighted by Gasteiger charge is 2.22. The summed E-state index contributed by atoms with van der Waals surface area (Å²) in [6.45, 7) is 4.69. The smallest absolute Gasteiger partial charge is 0.00640 e. The third kappa shape index (κ3) is 2.48. The summed E-state index contributed by atoms with van der Waals surface area (Å²) in [6.07, 6.45) is 5.76. The van der Waals surface area contributed by atoms with E-state index in [1.54, 1.807) is 0 Å². The third-order valence-corrected chi connectivity index (χ3v) is 3.14. The second-order valence-electron chi connectivity index (χ2n) is 4.11. The second kappa shape index (κ2) is 4.10. The molecular formula is C10H21N. The largest absolute Gasteiger partial charge is 0.317 e. The summed E-state index contributed by atoms with van der Waals surface area (Å²) in [6, 6.07) is 0.720. The summed E-state index contributed by atoms with van der Waals surface area (Å²) in [4.78, 5) is 0. The Balaban J connectivity index is 2.33. The number of hydrogen-bond acceptors (Lipinski definition) is 1. The van der Waals surface area contributed by atoms with Crippen molar-refractivity contribution in [3.8, 4) is 0 Å². The Kier molecular flexibility index (Phi) is 3.38. The standard InChI is InChI=1S/C10H21N/c1-8-5-4-6-10(7-8)9(2)11-3/h8-11H,4-7H2,1-3H3. The Labute approximate surface area is 70.6 Å². The molecule has 0 bridgehead atoms. The summed E-state index contributed by atoms with van der Waals surface area (Å²) in [5.41, 5.74) is 0. The lowest BCUT2D eigenvalue weighted by Crippen LogP contribution is -2.33. The fourth-order valence-electron chi connectivity index (χ4n) is 2.17. The van der Waals surface area contributed by atoms with Crippen molar-refractivity contribution >= 4 is 0 Å². The van der Waals surface area contributed by atoms with E-state index < -0.39 is 0 Å². The van der Waals surface area contributed by atoms with Crippen LogP contribution in [0.2, 0.25) is 0 Å². The molecule has 3 atom stereocenters. The Hall–Kier alpha value is -0.0400. The lowest BCUT2D eigenvalue weighted by Gasteiger charge is -2.31. The average molecular weight is 155 g/mol. The van der Waals surface area contributed by atoms with Crippen LogP contribution >= 0.6 is 0 Å². The van der Waals surface area contributed by atoms with E-state index in [0.717, 1.165) is 17.9 Å². The molecule has 1 heteroatoms. The van der Waals surface area contributed by atoms with Gasteiger partial charge in [-0.3, -0.25) is 0 Å². The quantitative estimate of drug-likeness (QED) is 0.645. The Morgan fingerprint density at radius 2 is 2.09 bits per heavy atom. The van der Waals surface area contributed by atoms with Gasteiger partial charge in [0.15, 0.2) is 0 Å². The van der Waals surface area contributed by atoms with Crippen molar-refractivity contribution in [2.24, 2.45) is 11.8 Å². The van der Waals surface area contributed by atoms with Gasteiger partial charge in [-0.2, -0.15) is 0 Å². The van der Waals surface area contributed by atoms with Crippen LogP contribution in [0.4, 0.5) is 0 Å².